The third-order valence-electron chi connectivity index (χ3n) is 1.66. The number of carboxylic acid groups (broad SMARTS) is 1. The van der Waals surface area contributed by atoms with Gasteiger partial charge < -0.3 is 16.2 Å². The number of hydrogen-bond acceptors (Lipinski definition) is 5. The molecule has 0 saturated heterocycles. The van der Waals surface area contributed by atoms with Gasteiger partial charge in [-0.2, -0.15) is 0 Å². The van der Waals surface area contributed by atoms with E-state index < -0.39 is 24.5 Å². The first-order chi connectivity index (χ1) is 7.09. The number of aromatic nitrogens is 1. The number of carbonyl (C=O) groups excluding carboxylic acids is 1. The van der Waals surface area contributed by atoms with Crippen molar-refractivity contribution in [3.8, 4) is 0 Å². The molecule has 1 heterocycles. The van der Waals surface area contributed by atoms with Gasteiger partial charge in [-0.25, -0.2) is 4.98 Å². The van der Waals surface area contributed by atoms with Gasteiger partial charge in [-0.1, -0.05) is 0 Å². The van der Waals surface area contributed by atoms with Gasteiger partial charge in [0.05, 0.1) is 17.2 Å². The molecule has 82 valence electrons. The molecule has 15 heavy (non-hydrogen) atoms. The minimum absolute atomic E-state index is 0.314. The number of rotatable bonds is 5. The second-order valence-electron chi connectivity index (χ2n) is 2.90. The van der Waals surface area contributed by atoms with Gasteiger partial charge in [-0.3, -0.25) is 9.59 Å². The Morgan fingerprint density at radius 2 is 2.40 bits per heavy atom. The molecule has 0 radical (unpaired) electrons. The van der Waals surface area contributed by atoms with Crippen molar-refractivity contribution in [3.63, 3.8) is 0 Å². The summed E-state index contributed by atoms with van der Waals surface area (Å²) in [4.78, 5) is 25.4. The molecular formula is C8H11N3O3S. The Labute approximate surface area is 90.1 Å². The van der Waals surface area contributed by atoms with E-state index in [-0.39, 0.29) is 0 Å². The number of nitrogens with two attached hydrogens (primary N) is 1. The van der Waals surface area contributed by atoms with Crippen molar-refractivity contribution < 1.29 is 14.7 Å². The van der Waals surface area contributed by atoms with Crippen LogP contribution in [0.3, 0.4) is 0 Å². The fourth-order valence-electron chi connectivity index (χ4n) is 0.950. The van der Waals surface area contributed by atoms with Crippen molar-refractivity contribution >= 4 is 23.2 Å². The molecule has 0 aliphatic rings. The SMILES string of the molecule is N[C@@H](Cc1cscn1)C(=O)NCC(=O)O. The minimum atomic E-state index is -1.09. The highest BCUT2D eigenvalue weighted by Crippen LogP contribution is 2.03. The van der Waals surface area contributed by atoms with Crippen molar-refractivity contribution in [2.75, 3.05) is 6.54 Å². The lowest BCUT2D eigenvalue weighted by molar-refractivity contribution is -0.138. The smallest absolute Gasteiger partial charge is 0.322 e. The first-order valence-electron chi connectivity index (χ1n) is 4.21. The molecule has 1 aromatic heterocycles. The topological polar surface area (TPSA) is 105 Å². The number of carboxylic acids is 1. The van der Waals surface area contributed by atoms with E-state index in [4.69, 9.17) is 10.8 Å². The van der Waals surface area contributed by atoms with Crippen LogP contribution in [0.5, 0.6) is 0 Å². The second-order valence-corrected chi connectivity index (χ2v) is 3.62. The number of carbonyl (C=O) groups is 2. The molecule has 0 saturated carbocycles. The Bertz CT molecular complexity index is 339. The molecule has 1 aromatic rings. The van der Waals surface area contributed by atoms with Gasteiger partial charge in [0.15, 0.2) is 0 Å². The van der Waals surface area contributed by atoms with Crippen LogP contribution >= 0.6 is 11.3 Å². The fourth-order valence-corrected chi connectivity index (χ4v) is 1.52. The van der Waals surface area contributed by atoms with E-state index in [1.165, 1.54) is 11.3 Å². The minimum Gasteiger partial charge on any atom is -0.480 e. The normalized spacial score (nSPS) is 12.1. The maximum Gasteiger partial charge on any atom is 0.322 e. The molecule has 4 N–H and O–H groups in total. The van der Waals surface area contributed by atoms with Crippen LogP contribution in [0.25, 0.3) is 0 Å². The summed E-state index contributed by atoms with van der Waals surface area (Å²) in [6, 6.07) is -0.758. The first kappa shape index (κ1) is 11.6. The van der Waals surface area contributed by atoms with E-state index in [9.17, 15) is 9.59 Å². The summed E-state index contributed by atoms with van der Waals surface area (Å²) >= 11 is 1.42. The van der Waals surface area contributed by atoms with Crippen LogP contribution in [0, 0.1) is 0 Å². The Morgan fingerprint density at radius 1 is 1.67 bits per heavy atom. The number of amides is 1. The van der Waals surface area contributed by atoms with Crippen molar-refractivity contribution in [3.05, 3.63) is 16.6 Å². The summed E-state index contributed by atoms with van der Waals surface area (Å²) in [5, 5.41) is 12.3. The lowest BCUT2D eigenvalue weighted by Crippen LogP contribution is -2.43. The molecule has 0 aliphatic carbocycles. The fraction of sp³-hybridized carbons (Fsp3) is 0.375. The van der Waals surface area contributed by atoms with E-state index in [0.717, 1.165) is 5.69 Å². The van der Waals surface area contributed by atoms with Crippen LogP contribution in [0.1, 0.15) is 5.69 Å². The monoisotopic (exact) mass is 229 g/mol. The number of aliphatic carboxylic acids is 1. The van der Waals surface area contributed by atoms with E-state index in [2.05, 4.69) is 10.3 Å². The molecule has 6 nitrogen and oxygen atoms in total. The second kappa shape index (κ2) is 5.42. The molecule has 7 heteroatoms. The van der Waals surface area contributed by atoms with Gasteiger partial charge in [0.1, 0.15) is 6.54 Å². The van der Waals surface area contributed by atoms with Crippen molar-refractivity contribution in [1.82, 2.24) is 10.3 Å². The maximum atomic E-state index is 11.2. The zero-order valence-electron chi connectivity index (χ0n) is 7.84. The van der Waals surface area contributed by atoms with Gasteiger partial charge in [0.25, 0.3) is 0 Å². The summed E-state index contributed by atoms with van der Waals surface area (Å²) in [6.07, 6.45) is 0.314. The van der Waals surface area contributed by atoms with Crippen molar-refractivity contribution in [2.45, 2.75) is 12.5 Å². The third-order valence-corrected chi connectivity index (χ3v) is 2.30. The Kier molecular flexibility index (Phi) is 4.19. The lowest BCUT2D eigenvalue weighted by atomic mass is 10.2. The number of nitrogens with one attached hydrogen (secondary N) is 1. The van der Waals surface area contributed by atoms with Gasteiger partial charge in [-0.05, 0) is 0 Å². The number of thiazole rings is 1. The van der Waals surface area contributed by atoms with Crippen molar-refractivity contribution in [1.29, 1.82) is 0 Å². The van der Waals surface area contributed by atoms with Gasteiger partial charge in [0.2, 0.25) is 5.91 Å². The molecule has 0 aromatic carbocycles. The van der Waals surface area contributed by atoms with Gasteiger partial charge in [0, 0.05) is 11.8 Å². The summed E-state index contributed by atoms with van der Waals surface area (Å²) in [6.45, 7) is -0.413. The van der Waals surface area contributed by atoms with Crippen LogP contribution in [0.2, 0.25) is 0 Å². The quantitative estimate of drug-likeness (QED) is 0.614. The van der Waals surface area contributed by atoms with Crippen LogP contribution in [-0.2, 0) is 16.0 Å². The molecule has 0 spiro atoms. The first-order valence-corrected chi connectivity index (χ1v) is 5.16. The zero-order valence-corrected chi connectivity index (χ0v) is 8.66. The maximum absolute atomic E-state index is 11.2. The number of nitrogens with zero attached hydrogens (tertiary/aromatic N) is 1. The van der Waals surface area contributed by atoms with E-state index in [1.807, 2.05) is 0 Å². The Morgan fingerprint density at radius 3 is 2.93 bits per heavy atom. The largest absolute Gasteiger partial charge is 0.480 e. The molecule has 1 rings (SSSR count). The third kappa shape index (κ3) is 4.05. The summed E-state index contributed by atoms with van der Waals surface area (Å²) in [5.74, 6) is -1.57. The zero-order chi connectivity index (χ0) is 11.3. The Balaban J connectivity index is 2.36. The average Bonchev–Trinajstić information content (AvgIpc) is 2.66. The van der Waals surface area contributed by atoms with E-state index in [1.54, 1.807) is 10.9 Å². The predicted molar refractivity (Wildman–Crippen MR) is 54.4 cm³/mol. The predicted octanol–water partition coefficient (Wildman–Crippen LogP) is -0.786. The van der Waals surface area contributed by atoms with Crippen LogP contribution in [0.15, 0.2) is 10.9 Å². The van der Waals surface area contributed by atoms with Crippen molar-refractivity contribution in [2.24, 2.45) is 5.73 Å². The molecule has 0 fully saturated rings. The van der Waals surface area contributed by atoms with Gasteiger partial charge in [-0.15, -0.1) is 11.3 Å². The van der Waals surface area contributed by atoms with Crippen LogP contribution in [0.4, 0.5) is 0 Å². The van der Waals surface area contributed by atoms with Gasteiger partial charge >= 0.3 is 5.97 Å². The molecular weight excluding hydrogens is 218 g/mol. The summed E-state index contributed by atoms with van der Waals surface area (Å²) in [7, 11) is 0. The molecule has 0 unspecified atom stereocenters. The summed E-state index contributed by atoms with van der Waals surface area (Å²) in [5.41, 5.74) is 7.94. The van der Waals surface area contributed by atoms with Crippen LogP contribution < -0.4 is 11.1 Å². The highest BCUT2D eigenvalue weighted by atomic mass is 32.1. The Hall–Kier alpha value is -1.47. The molecule has 0 bridgehead atoms. The molecule has 1 amide bonds. The summed E-state index contributed by atoms with van der Waals surface area (Å²) < 4.78 is 0. The lowest BCUT2D eigenvalue weighted by Gasteiger charge is -2.09. The average molecular weight is 229 g/mol. The highest BCUT2D eigenvalue weighted by molar-refractivity contribution is 7.07. The van der Waals surface area contributed by atoms with Crippen LogP contribution in [-0.4, -0.2) is 34.6 Å². The number of hydrogen-bond donors (Lipinski definition) is 3. The standard InChI is InChI=1S/C8H11N3O3S/c9-6(1-5-3-15-4-11-5)8(14)10-2-7(12)13/h3-4,6H,1-2,9H2,(H,10,14)(H,12,13)/t6-/m0/s1. The molecule has 0 aliphatic heterocycles. The molecule has 1 atom stereocenters. The van der Waals surface area contributed by atoms with E-state index >= 15 is 0 Å². The van der Waals surface area contributed by atoms with E-state index in [0.29, 0.717) is 6.42 Å². The highest BCUT2D eigenvalue weighted by Gasteiger charge is 2.15.